The van der Waals surface area contributed by atoms with Crippen molar-refractivity contribution in [2.75, 3.05) is 20.7 Å². The number of aliphatic hydroxyl groups is 1. The standard InChI is InChI=1S/C11H22N2O2/c1-9(10(15)13(2)3)12-11(8-14)6-4-5-7-11/h9,12,14H,4-8H2,1-3H3. The van der Waals surface area contributed by atoms with Crippen molar-refractivity contribution in [2.24, 2.45) is 0 Å². The highest BCUT2D eigenvalue weighted by Gasteiger charge is 2.35. The monoisotopic (exact) mass is 214 g/mol. The average Bonchev–Trinajstić information content (AvgIpc) is 2.65. The number of carbonyl (C=O) groups excluding carboxylic acids is 1. The van der Waals surface area contributed by atoms with Gasteiger partial charge in [-0.3, -0.25) is 10.1 Å². The second kappa shape index (κ2) is 4.94. The topological polar surface area (TPSA) is 52.6 Å². The van der Waals surface area contributed by atoms with Crippen LogP contribution >= 0.6 is 0 Å². The molecule has 1 saturated carbocycles. The molecule has 0 bridgehead atoms. The molecule has 1 amide bonds. The van der Waals surface area contributed by atoms with Gasteiger partial charge in [0.05, 0.1) is 12.6 Å². The number of nitrogens with zero attached hydrogens (tertiary/aromatic N) is 1. The Hall–Kier alpha value is -0.610. The van der Waals surface area contributed by atoms with Gasteiger partial charge in [0.2, 0.25) is 5.91 Å². The number of aliphatic hydroxyl groups excluding tert-OH is 1. The molecule has 2 N–H and O–H groups in total. The van der Waals surface area contributed by atoms with Gasteiger partial charge in [-0.05, 0) is 19.8 Å². The molecule has 0 aromatic carbocycles. The Morgan fingerprint density at radius 1 is 1.47 bits per heavy atom. The molecule has 0 spiro atoms. The summed E-state index contributed by atoms with van der Waals surface area (Å²) in [6.45, 7) is 1.98. The molecule has 1 unspecified atom stereocenters. The Labute approximate surface area is 91.6 Å². The summed E-state index contributed by atoms with van der Waals surface area (Å²) in [7, 11) is 3.50. The molecule has 0 aromatic heterocycles. The highest BCUT2D eigenvalue weighted by atomic mass is 16.3. The Bertz CT molecular complexity index is 223. The van der Waals surface area contributed by atoms with E-state index in [-0.39, 0.29) is 24.1 Å². The average molecular weight is 214 g/mol. The van der Waals surface area contributed by atoms with Crippen LogP contribution in [-0.2, 0) is 4.79 Å². The molecule has 0 radical (unpaired) electrons. The van der Waals surface area contributed by atoms with E-state index < -0.39 is 0 Å². The van der Waals surface area contributed by atoms with Gasteiger partial charge in [0.15, 0.2) is 0 Å². The first-order valence-corrected chi connectivity index (χ1v) is 5.60. The molecule has 0 heterocycles. The fraction of sp³-hybridized carbons (Fsp3) is 0.909. The van der Waals surface area contributed by atoms with Gasteiger partial charge in [0.1, 0.15) is 0 Å². The second-order valence-electron chi connectivity index (χ2n) is 4.74. The van der Waals surface area contributed by atoms with Crippen molar-refractivity contribution >= 4 is 5.91 Å². The molecule has 1 fully saturated rings. The molecule has 0 saturated heterocycles. The number of rotatable bonds is 4. The molecule has 1 aliphatic carbocycles. The minimum absolute atomic E-state index is 0.0646. The zero-order valence-electron chi connectivity index (χ0n) is 9.92. The predicted octanol–water partition coefficient (Wildman–Crippen LogP) is 0.358. The number of nitrogens with one attached hydrogen (secondary N) is 1. The van der Waals surface area contributed by atoms with Gasteiger partial charge in [-0.2, -0.15) is 0 Å². The van der Waals surface area contributed by atoms with Crippen LogP contribution in [0.25, 0.3) is 0 Å². The molecule has 1 atom stereocenters. The van der Waals surface area contributed by atoms with Gasteiger partial charge in [0, 0.05) is 19.6 Å². The third kappa shape index (κ3) is 2.92. The minimum Gasteiger partial charge on any atom is -0.394 e. The van der Waals surface area contributed by atoms with Crippen LogP contribution < -0.4 is 5.32 Å². The third-order valence-electron chi connectivity index (χ3n) is 3.20. The maximum Gasteiger partial charge on any atom is 0.238 e. The highest BCUT2D eigenvalue weighted by Crippen LogP contribution is 2.29. The van der Waals surface area contributed by atoms with Crippen LogP contribution in [0, 0.1) is 0 Å². The summed E-state index contributed by atoms with van der Waals surface area (Å²) in [4.78, 5) is 13.3. The number of amides is 1. The molecule has 88 valence electrons. The lowest BCUT2D eigenvalue weighted by Crippen LogP contribution is -2.54. The summed E-state index contributed by atoms with van der Waals surface area (Å²) in [6.07, 6.45) is 4.20. The number of carbonyl (C=O) groups is 1. The van der Waals surface area contributed by atoms with Crippen molar-refractivity contribution in [1.29, 1.82) is 0 Å². The number of likely N-dealkylation sites (N-methyl/N-ethyl adjacent to an activating group) is 1. The Balaban J connectivity index is 2.55. The maximum atomic E-state index is 11.7. The van der Waals surface area contributed by atoms with Crippen molar-refractivity contribution in [3.05, 3.63) is 0 Å². The van der Waals surface area contributed by atoms with E-state index in [1.165, 1.54) is 0 Å². The largest absolute Gasteiger partial charge is 0.394 e. The van der Waals surface area contributed by atoms with Crippen molar-refractivity contribution in [3.63, 3.8) is 0 Å². The zero-order valence-corrected chi connectivity index (χ0v) is 9.92. The smallest absolute Gasteiger partial charge is 0.238 e. The van der Waals surface area contributed by atoms with Gasteiger partial charge < -0.3 is 10.0 Å². The van der Waals surface area contributed by atoms with E-state index >= 15 is 0 Å². The Kier molecular flexibility index (Phi) is 4.11. The lowest BCUT2D eigenvalue weighted by molar-refractivity contribution is -0.131. The summed E-state index contributed by atoms with van der Waals surface area (Å²) >= 11 is 0. The fourth-order valence-electron chi connectivity index (χ4n) is 2.31. The van der Waals surface area contributed by atoms with E-state index in [0.29, 0.717) is 0 Å². The first-order chi connectivity index (χ1) is 7.01. The van der Waals surface area contributed by atoms with Crippen molar-refractivity contribution in [3.8, 4) is 0 Å². The van der Waals surface area contributed by atoms with Crippen LogP contribution in [0.2, 0.25) is 0 Å². The number of hydrogen-bond acceptors (Lipinski definition) is 3. The van der Waals surface area contributed by atoms with Gasteiger partial charge in [-0.1, -0.05) is 12.8 Å². The Morgan fingerprint density at radius 2 is 2.00 bits per heavy atom. The summed E-state index contributed by atoms with van der Waals surface area (Å²) in [5.41, 5.74) is -0.217. The van der Waals surface area contributed by atoms with Crippen LogP contribution in [0.3, 0.4) is 0 Å². The molecule has 0 aromatic rings. The number of hydrogen-bond donors (Lipinski definition) is 2. The zero-order chi connectivity index (χ0) is 11.5. The molecule has 4 nitrogen and oxygen atoms in total. The van der Waals surface area contributed by atoms with Crippen molar-refractivity contribution in [2.45, 2.75) is 44.2 Å². The fourth-order valence-corrected chi connectivity index (χ4v) is 2.31. The van der Waals surface area contributed by atoms with Crippen LogP contribution in [0.4, 0.5) is 0 Å². The van der Waals surface area contributed by atoms with E-state index in [1.807, 2.05) is 6.92 Å². The summed E-state index contributed by atoms with van der Waals surface area (Å²) in [6, 6.07) is -0.217. The molecule has 15 heavy (non-hydrogen) atoms. The van der Waals surface area contributed by atoms with Crippen LogP contribution in [0.5, 0.6) is 0 Å². The summed E-state index contributed by atoms with van der Waals surface area (Å²) < 4.78 is 0. The molecule has 0 aliphatic heterocycles. The highest BCUT2D eigenvalue weighted by molar-refractivity contribution is 5.81. The van der Waals surface area contributed by atoms with Gasteiger partial charge in [-0.25, -0.2) is 0 Å². The van der Waals surface area contributed by atoms with Crippen LogP contribution in [0.1, 0.15) is 32.6 Å². The van der Waals surface area contributed by atoms with Gasteiger partial charge >= 0.3 is 0 Å². The maximum absolute atomic E-state index is 11.7. The molecular formula is C11H22N2O2. The summed E-state index contributed by atoms with van der Waals surface area (Å²) in [5.74, 6) is 0.0646. The normalized spacial score (nSPS) is 21.3. The first kappa shape index (κ1) is 12.5. The minimum atomic E-state index is -0.217. The van der Waals surface area contributed by atoms with E-state index in [9.17, 15) is 9.90 Å². The van der Waals surface area contributed by atoms with E-state index in [4.69, 9.17) is 0 Å². The molecular weight excluding hydrogens is 192 g/mol. The van der Waals surface area contributed by atoms with E-state index in [1.54, 1.807) is 19.0 Å². The molecule has 1 rings (SSSR count). The second-order valence-corrected chi connectivity index (χ2v) is 4.74. The van der Waals surface area contributed by atoms with Gasteiger partial charge in [0.25, 0.3) is 0 Å². The van der Waals surface area contributed by atoms with Gasteiger partial charge in [-0.15, -0.1) is 0 Å². The molecule has 1 aliphatic rings. The lowest BCUT2D eigenvalue weighted by atomic mass is 9.97. The Morgan fingerprint density at radius 3 is 2.40 bits per heavy atom. The van der Waals surface area contributed by atoms with Crippen LogP contribution in [0.15, 0.2) is 0 Å². The van der Waals surface area contributed by atoms with E-state index in [0.717, 1.165) is 25.7 Å². The summed E-state index contributed by atoms with van der Waals surface area (Å²) in [5, 5.41) is 12.7. The molecule has 4 heteroatoms. The quantitative estimate of drug-likeness (QED) is 0.710. The first-order valence-electron chi connectivity index (χ1n) is 5.60. The van der Waals surface area contributed by atoms with E-state index in [2.05, 4.69) is 5.32 Å². The SMILES string of the molecule is CC(NC1(CO)CCCC1)C(=O)N(C)C. The lowest BCUT2D eigenvalue weighted by Gasteiger charge is -2.32. The van der Waals surface area contributed by atoms with Crippen molar-refractivity contribution in [1.82, 2.24) is 10.2 Å². The predicted molar refractivity (Wildman–Crippen MR) is 59.6 cm³/mol. The third-order valence-corrected chi connectivity index (χ3v) is 3.20. The van der Waals surface area contributed by atoms with Crippen LogP contribution in [-0.4, -0.2) is 48.2 Å². The van der Waals surface area contributed by atoms with Crippen molar-refractivity contribution < 1.29 is 9.90 Å².